The summed E-state index contributed by atoms with van der Waals surface area (Å²) in [5.74, 6) is 1.53. The predicted molar refractivity (Wildman–Crippen MR) is 373 cm³/mol. The van der Waals surface area contributed by atoms with Crippen LogP contribution in [0.3, 0.4) is 0 Å². The fourth-order valence-electron chi connectivity index (χ4n) is 13.2. The number of rotatable bonds is 10. The van der Waals surface area contributed by atoms with E-state index < -0.39 is 59.6 Å². The summed E-state index contributed by atoms with van der Waals surface area (Å²) in [7, 11) is -7.50. The number of nitriles is 1. The number of amides is 3. The smallest absolute Gasteiger partial charge is 0.410 e. The average molecular weight is 1450 g/mol. The van der Waals surface area contributed by atoms with Crippen molar-refractivity contribution in [2.45, 2.75) is 154 Å². The molecule has 9 saturated heterocycles. The summed E-state index contributed by atoms with van der Waals surface area (Å²) < 4.78 is 115. The summed E-state index contributed by atoms with van der Waals surface area (Å²) in [4.78, 5) is 55.6. The van der Waals surface area contributed by atoms with E-state index in [-0.39, 0.29) is 42.5 Å². The molecule has 3 amide bonds. The van der Waals surface area contributed by atoms with E-state index in [0.29, 0.717) is 126 Å². The minimum Gasteiger partial charge on any atom is -0.444 e. The van der Waals surface area contributed by atoms with E-state index in [0.717, 1.165) is 63.6 Å². The van der Waals surface area contributed by atoms with Crippen LogP contribution in [0.2, 0.25) is 5.02 Å². The first-order valence-electron chi connectivity index (χ1n) is 33.5. The van der Waals surface area contributed by atoms with Gasteiger partial charge in [0.25, 0.3) is 0 Å². The Balaban J connectivity index is 0.000000158. The first-order chi connectivity index (χ1) is 46.1. The molecule has 98 heavy (non-hydrogen) atoms. The van der Waals surface area contributed by atoms with Gasteiger partial charge in [0.15, 0.2) is 6.19 Å². The van der Waals surface area contributed by atoms with Crippen LogP contribution in [-0.4, -0.2) is 271 Å². The molecule has 2 aromatic heterocycles. The third-order valence-electron chi connectivity index (χ3n) is 18.1. The van der Waals surface area contributed by atoms with E-state index in [9.17, 15) is 39.6 Å². The molecule has 0 saturated carbocycles. The Kier molecular flexibility index (Phi) is 24.1. The molecule has 544 valence electrons. The Morgan fingerprint density at radius 2 is 0.867 bits per heavy atom. The molecule has 6 atom stereocenters. The van der Waals surface area contributed by atoms with Crippen molar-refractivity contribution >= 4 is 89.2 Å². The fourth-order valence-corrected chi connectivity index (χ4v) is 18.8. The Bertz CT molecular complexity index is 3670. The lowest BCUT2D eigenvalue weighted by Crippen LogP contribution is -2.43. The summed E-state index contributed by atoms with van der Waals surface area (Å²) in [6, 6.07) is 13.5. The molecular weight excluding hydrogens is 1350 g/mol. The minimum absolute atomic E-state index is 0.118. The van der Waals surface area contributed by atoms with Crippen LogP contribution < -0.4 is 28.4 Å². The Morgan fingerprint density at radius 1 is 0.490 bits per heavy atom. The minimum atomic E-state index is -3.69. The first-order valence-corrected chi connectivity index (χ1v) is 38.1. The van der Waals surface area contributed by atoms with Crippen LogP contribution in [0.15, 0.2) is 60.9 Å². The first kappa shape index (κ1) is 75.7. The number of nitrogens with two attached hydrogens (primary N) is 1. The Hall–Kier alpha value is -6.48. The highest BCUT2D eigenvalue weighted by atomic mass is 35.5. The standard InChI is InChI=1S/C21H33N5O5S.C17H24ClN3O4S.C17H24N6O3S.C9H18N2O2/c1-21(2,3)31-20(27)24-9-6-17(14-24)26-12-11-25(32(26,28)29)16-5-8-22-19(13-16)23-10-7-18(15-23)30-4;1-17(2,3)25-16(22)19-8-7-15(12-19)21-10-9-20(26(21,23)24)14-6-4-5-13(18)11-14;1-26-16-4-7-21(12-16)17-10-14(2-5-19-17)22-8-9-23(27(22,24)25)15-3-6-20(11-15)13-18;1-9(2,3)13-8(12)11-5-4-7(10)6-11/h5,8,13,17-18H,6-7,9-12,14-15H2,1-4H3;4-6,11,15H,7-10,12H2,1-3H3;2,5,10,15-16H,3-4,6-9,11-12H2,1H3;7H,4-6,10H2,1-3H3/t17-,18-;15-;15-,16-;7-/m1111/s1. The number of aromatic nitrogens is 2. The second-order valence-electron chi connectivity index (χ2n) is 28.7. The maximum atomic E-state index is 13.4. The van der Waals surface area contributed by atoms with Crippen molar-refractivity contribution in [2.24, 2.45) is 5.73 Å². The highest BCUT2D eigenvalue weighted by Crippen LogP contribution is 2.36. The van der Waals surface area contributed by atoms with Gasteiger partial charge in [0.2, 0.25) is 0 Å². The largest absolute Gasteiger partial charge is 0.444 e. The highest BCUT2D eigenvalue weighted by molar-refractivity contribution is 7.91. The van der Waals surface area contributed by atoms with Gasteiger partial charge in [-0.25, -0.2) is 24.4 Å². The average Bonchev–Trinajstić information content (AvgIpc) is 1.62. The molecule has 3 aromatic rings. The van der Waals surface area contributed by atoms with Gasteiger partial charge in [-0.05, 0) is 131 Å². The second-order valence-corrected chi connectivity index (χ2v) is 34.5. The summed E-state index contributed by atoms with van der Waals surface area (Å²) in [6.07, 6.45) is 9.36. The number of methoxy groups -OCH3 is 2. The SMILES string of the molecule is CC(C)(C)OC(=O)N1CC[C@@H](N)C1.CC(C)(C)OC(=O)N1CC[C@@H](N2CCN(c3cccc(Cl)c3)S2(=O)=O)C1.CO[C@@H]1CCN(c2cc(N3CCN([C@@H]4CCN(C#N)C4)S3(=O)=O)ccn2)C1.CO[C@@H]1CCN(c2cc(N3CCN([C@@H]4CCN(C(=O)OC(C)(C)C)C4)S3(=O)=O)ccn2)C1. The quantitative estimate of drug-likeness (QED) is 0.191. The van der Waals surface area contributed by atoms with Crippen LogP contribution in [0.1, 0.15) is 101 Å². The number of hydrogen-bond acceptors (Lipinski definition) is 21. The van der Waals surface area contributed by atoms with Gasteiger partial charge in [-0.2, -0.15) is 43.4 Å². The molecule has 9 fully saturated rings. The lowest BCUT2D eigenvalue weighted by molar-refractivity contribution is 0.0276. The molecule has 0 radical (unpaired) electrons. The fraction of sp³-hybridized carbons (Fsp3) is 0.688. The predicted octanol–water partition coefficient (Wildman–Crippen LogP) is 5.58. The van der Waals surface area contributed by atoms with Crippen molar-refractivity contribution in [2.75, 3.05) is 155 Å². The number of pyridine rings is 2. The molecule has 9 aliphatic rings. The number of anilines is 5. The normalized spacial score (nSPS) is 25.6. The van der Waals surface area contributed by atoms with Crippen molar-refractivity contribution in [3.63, 3.8) is 0 Å². The van der Waals surface area contributed by atoms with Crippen molar-refractivity contribution in [3.8, 4) is 6.19 Å². The molecule has 0 bridgehead atoms. The van der Waals surface area contributed by atoms with Gasteiger partial charge in [-0.3, -0.25) is 12.9 Å². The zero-order valence-electron chi connectivity index (χ0n) is 58.3. The molecule has 9 aliphatic heterocycles. The number of likely N-dealkylation sites (tertiary alicyclic amines) is 4. The third-order valence-corrected chi connectivity index (χ3v) is 24.4. The van der Waals surface area contributed by atoms with Crippen LogP contribution in [0.5, 0.6) is 0 Å². The zero-order valence-corrected chi connectivity index (χ0v) is 61.5. The molecule has 2 N–H and O–H groups in total. The molecular formula is C64H99ClN16O14S3. The summed E-state index contributed by atoms with van der Waals surface area (Å²) in [5.41, 5.74) is 5.92. The highest BCUT2D eigenvalue weighted by Gasteiger charge is 2.48. The Labute approximate surface area is 583 Å². The maximum Gasteiger partial charge on any atom is 0.410 e. The molecule has 0 aliphatic carbocycles. The maximum absolute atomic E-state index is 13.4. The van der Waals surface area contributed by atoms with Gasteiger partial charge >= 0.3 is 48.9 Å². The number of halogens is 1. The van der Waals surface area contributed by atoms with Crippen LogP contribution in [0.4, 0.5) is 43.1 Å². The van der Waals surface area contributed by atoms with Crippen molar-refractivity contribution < 1.29 is 63.3 Å². The van der Waals surface area contributed by atoms with Gasteiger partial charge in [0, 0.05) is 186 Å². The summed E-state index contributed by atoms with van der Waals surface area (Å²) >= 11 is 5.99. The van der Waals surface area contributed by atoms with E-state index in [2.05, 4.69) is 26.0 Å². The lowest BCUT2D eigenvalue weighted by Gasteiger charge is -2.26. The number of ether oxygens (including phenoxy) is 5. The molecule has 30 nitrogen and oxygen atoms in total. The van der Waals surface area contributed by atoms with Gasteiger partial charge < -0.3 is 58.8 Å². The third kappa shape index (κ3) is 18.7. The summed E-state index contributed by atoms with van der Waals surface area (Å²) in [6.45, 7) is 26.1. The number of carbonyl (C=O) groups excluding carboxylic acids is 3. The van der Waals surface area contributed by atoms with Crippen molar-refractivity contribution in [1.29, 1.82) is 5.26 Å². The lowest BCUT2D eigenvalue weighted by atomic mass is 10.2. The topological polar surface area (TPSA) is 314 Å². The molecule has 0 spiro atoms. The van der Waals surface area contributed by atoms with Crippen LogP contribution >= 0.6 is 11.6 Å². The van der Waals surface area contributed by atoms with E-state index in [1.807, 2.05) is 74.4 Å². The van der Waals surface area contributed by atoms with Crippen LogP contribution in [0, 0.1) is 11.5 Å². The van der Waals surface area contributed by atoms with Crippen LogP contribution in [0.25, 0.3) is 0 Å². The number of nitrogens with zero attached hydrogens (tertiary/aromatic N) is 15. The van der Waals surface area contributed by atoms with Gasteiger partial charge in [0.05, 0.1) is 29.3 Å². The monoisotopic (exact) mass is 1450 g/mol. The second kappa shape index (κ2) is 31.2. The molecule has 34 heteroatoms. The summed E-state index contributed by atoms with van der Waals surface area (Å²) in [5, 5.41) is 9.53. The zero-order chi connectivity index (χ0) is 71.3. The number of benzene rings is 1. The number of carbonyl (C=O) groups is 3. The molecule has 0 unspecified atom stereocenters. The number of hydrogen-bond donors (Lipinski definition) is 1. The van der Waals surface area contributed by atoms with E-state index in [1.165, 1.54) is 21.5 Å². The molecule has 12 rings (SSSR count). The van der Waals surface area contributed by atoms with Crippen LogP contribution in [-0.2, 0) is 54.3 Å². The van der Waals surface area contributed by atoms with Gasteiger partial charge in [-0.15, -0.1) is 0 Å². The van der Waals surface area contributed by atoms with E-state index in [4.69, 9.17) is 46.3 Å². The van der Waals surface area contributed by atoms with E-state index >= 15 is 0 Å². The van der Waals surface area contributed by atoms with Gasteiger partial charge in [-0.1, -0.05) is 17.7 Å². The molecule has 11 heterocycles. The van der Waals surface area contributed by atoms with Gasteiger partial charge in [0.1, 0.15) is 28.4 Å². The molecule has 1 aromatic carbocycles. The van der Waals surface area contributed by atoms with Crippen molar-refractivity contribution in [1.82, 2.24) is 42.5 Å². The van der Waals surface area contributed by atoms with E-state index in [1.54, 1.807) is 86.9 Å². The Morgan fingerprint density at radius 3 is 1.21 bits per heavy atom. The van der Waals surface area contributed by atoms with Crippen molar-refractivity contribution in [3.05, 3.63) is 65.9 Å².